The molecule has 0 amide bonds. The van der Waals surface area contributed by atoms with Crippen molar-refractivity contribution in [2.45, 2.75) is 6.18 Å². The first-order chi connectivity index (χ1) is 10.3. The zero-order chi connectivity index (χ0) is 16.3. The second-order valence-corrected chi connectivity index (χ2v) is 4.44. The van der Waals surface area contributed by atoms with Gasteiger partial charge >= 0.3 is 6.18 Å². The summed E-state index contributed by atoms with van der Waals surface area (Å²) in [5.41, 5.74) is -1.06. The summed E-state index contributed by atoms with van der Waals surface area (Å²) in [6.45, 7) is 0. The van der Waals surface area contributed by atoms with Gasteiger partial charge in [0, 0.05) is 6.07 Å². The highest BCUT2D eigenvalue weighted by Crippen LogP contribution is 2.29. The maximum absolute atomic E-state index is 13.4. The van der Waals surface area contributed by atoms with Gasteiger partial charge in [0.05, 0.1) is 11.1 Å². The van der Waals surface area contributed by atoms with E-state index < -0.39 is 29.2 Å². The molecule has 1 nitrogen and oxygen atoms in total. The highest BCUT2D eigenvalue weighted by molar-refractivity contribution is 6.06. The molecule has 0 heterocycles. The molecule has 0 aromatic heterocycles. The van der Waals surface area contributed by atoms with E-state index in [1.54, 1.807) is 0 Å². The summed E-state index contributed by atoms with van der Waals surface area (Å²) in [6, 6.07) is 6.80. The van der Waals surface area contributed by atoms with E-state index in [1.807, 2.05) is 0 Å². The lowest BCUT2D eigenvalue weighted by atomic mass is 10.1. The molecular weight excluding hydrogens is 303 g/mol. The van der Waals surface area contributed by atoms with Crippen LogP contribution < -0.4 is 0 Å². The van der Waals surface area contributed by atoms with Crippen LogP contribution in [0.5, 0.6) is 0 Å². The minimum Gasteiger partial charge on any atom is -0.289 e. The van der Waals surface area contributed by atoms with Crippen LogP contribution >= 0.6 is 0 Å². The summed E-state index contributed by atoms with van der Waals surface area (Å²) in [7, 11) is 0. The van der Waals surface area contributed by atoms with Gasteiger partial charge in [-0.3, -0.25) is 4.79 Å². The molecule has 2 aromatic rings. The summed E-state index contributed by atoms with van der Waals surface area (Å²) in [5, 5.41) is 0. The smallest absolute Gasteiger partial charge is 0.289 e. The minimum atomic E-state index is -4.49. The van der Waals surface area contributed by atoms with E-state index in [4.69, 9.17) is 0 Å². The van der Waals surface area contributed by atoms with E-state index in [1.165, 1.54) is 12.1 Å². The van der Waals surface area contributed by atoms with Crippen LogP contribution in [0.25, 0.3) is 6.08 Å². The normalized spacial score (nSPS) is 11.9. The van der Waals surface area contributed by atoms with E-state index in [0.717, 1.165) is 36.4 Å². The van der Waals surface area contributed by atoms with Crippen LogP contribution in [0.4, 0.5) is 22.0 Å². The molecule has 0 bridgehead atoms. The number of halogens is 5. The number of hydrogen-bond acceptors (Lipinski definition) is 1. The van der Waals surface area contributed by atoms with E-state index in [0.29, 0.717) is 6.07 Å². The van der Waals surface area contributed by atoms with Gasteiger partial charge in [0.25, 0.3) is 0 Å². The molecule has 0 spiro atoms. The van der Waals surface area contributed by atoms with Crippen LogP contribution in [0, 0.1) is 11.6 Å². The summed E-state index contributed by atoms with van der Waals surface area (Å²) in [6.07, 6.45) is -2.41. The van der Waals surface area contributed by atoms with E-state index in [-0.39, 0.29) is 11.1 Å². The summed E-state index contributed by atoms with van der Waals surface area (Å²) >= 11 is 0. The lowest BCUT2D eigenvalue weighted by molar-refractivity contribution is -0.137. The number of benzene rings is 2. The molecule has 0 aliphatic heterocycles. The molecular formula is C16H9F5O. The van der Waals surface area contributed by atoms with Crippen molar-refractivity contribution in [3.63, 3.8) is 0 Å². The Morgan fingerprint density at radius 1 is 1.00 bits per heavy atom. The van der Waals surface area contributed by atoms with Crippen molar-refractivity contribution < 1.29 is 26.7 Å². The number of carbonyl (C=O) groups excluding carboxylic acids is 1. The maximum Gasteiger partial charge on any atom is 0.416 e. The summed E-state index contributed by atoms with van der Waals surface area (Å²) in [5.74, 6) is -2.62. The van der Waals surface area contributed by atoms with E-state index in [2.05, 4.69) is 0 Å². The molecule has 0 atom stereocenters. The van der Waals surface area contributed by atoms with Crippen LogP contribution in [0.15, 0.2) is 48.5 Å². The van der Waals surface area contributed by atoms with Crippen molar-refractivity contribution >= 4 is 11.9 Å². The third-order valence-electron chi connectivity index (χ3n) is 2.84. The number of alkyl halides is 3. The number of allylic oxidation sites excluding steroid dienone is 1. The van der Waals surface area contributed by atoms with Gasteiger partial charge in [-0.25, -0.2) is 8.78 Å². The Morgan fingerprint density at radius 2 is 1.73 bits per heavy atom. The van der Waals surface area contributed by atoms with Crippen LogP contribution in [-0.4, -0.2) is 5.78 Å². The number of ketones is 1. The van der Waals surface area contributed by atoms with Crippen LogP contribution in [-0.2, 0) is 6.18 Å². The average molecular weight is 312 g/mol. The van der Waals surface area contributed by atoms with Gasteiger partial charge in [0.2, 0.25) is 0 Å². The molecule has 0 saturated carbocycles. The predicted octanol–water partition coefficient (Wildman–Crippen LogP) is 4.88. The van der Waals surface area contributed by atoms with Crippen LogP contribution in [0.2, 0.25) is 0 Å². The zero-order valence-electron chi connectivity index (χ0n) is 11.0. The van der Waals surface area contributed by atoms with Crippen molar-refractivity contribution in [3.8, 4) is 0 Å². The van der Waals surface area contributed by atoms with Gasteiger partial charge in [-0.05, 0) is 35.9 Å². The molecule has 2 rings (SSSR count). The Balaban J connectivity index is 2.23. The first-order valence-electron chi connectivity index (χ1n) is 6.12. The Morgan fingerprint density at radius 3 is 2.36 bits per heavy atom. The van der Waals surface area contributed by atoms with Gasteiger partial charge in [0.1, 0.15) is 11.6 Å². The third kappa shape index (κ3) is 3.78. The van der Waals surface area contributed by atoms with Crippen molar-refractivity contribution in [1.82, 2.24) is 0 Å². The summed E-state index contributed by atoms with van der Waals surface area (Å²) in [4.78, 5) is 11.8. The quantitative estimate of drug-likeness (QED) is 0.448. The monoisotopic (exact) mass is 312 g/mol. The largest absolute Gasteiger partial charge is 0.416 e. The molecule has 0 fully saturated rings. The van der Waals surface area contributed by atoms with Crippen molar-refractivity contribution in [3.05, 3.63) is 76.9 Å². The third-order valence-corrected chi connectivity index (χ3v) is 2.84. The Hall–Kier alpha value is -2.50. The number of rotatable bonds is 3. The fourth-order valence-electron chi connectivity index (χ4n) is 1.77. The molecule has 6 heteroatoms. The van der Waals surface area contributed by atoms with Gasteiger partial charge in [0.15, 0.2) is 5.78 Å². The Kier molecular flexibility index (Phi) is 4.40. The summed E-state index contributed by atoms with van der Waals surface area (Å²) < 4.78 is 63.8. The molecule has 22 heavy (non-hydrogen) atoms. The molecule has 0 radical (unpaired) electrons. The minimum absolute atomic E-state index is 0.144. The molecule has 114 valence electrons. The highest BCUT2D eigenvalue weighted by atomic mass is 19.4. The van der Waals surface area contributed by atoms with Gasteiger partial charge in [-0.2, -0.15) is 13.2 Å². The van der Waals surface area contributed by atoms with E-state index >= 15 is 0 Å². The van der Waals surface area contributed by atoms with Crippen LogP contribution in [0.3, 0.4) is 0 Å². The van der Waals surface area contributed by atoms with Gasteiger partial charge < -0.3 is 0 Å². The average Bonchev–Trinajstić information content (AvgIpc) is 2.44. The van der Waals surface area contributed by atoms with Crippen molar-refractivity contribution in [2.75, 3.05) is 0 Å². The lowest BCUT2D eigenvalue weighted by Crippen LogP contribution is -2.04. The Bertz CT molecular complexity index is 732. The number of hydrogen-bond donors (Lipinski definition) is 0. The highest BCUT2D eigenvalue weighted by Gasteiger charge is 2.30. The number of carbonyl (C=O) groups is 1. The van der Waals surface area contributed by atoms with Crippen molar-refractivity contribution in [2.24, 2.45) is 0 Å². The van der Waals surface area contributed by atoms with Crippen molar-refractivity contribution in [1.29, 1.82) is 0 Å². The van der Waals surface area contributed by atoms with Gasteiger partial charge in [-0.15, -0.1) is 0 Å². The Labute approximate surface area is 122 Å². The standard InChI is InChI=1S/C16H9F5O/c17-12-5-6-13(14(18)9-12)15(22)7-4-10-2-1-3-11(8-10)16(19,20)21/h1-9H/b7-4+. The first kappa shape index (κ1) is 15.9. The molecule has 0 aliphatic carbocycles. The van der Waals surface area contributed by atoms with Gasteiger partial charge in [-0.1, -0.05) is 18.2 Å². The van der Waals surface area contributed by atoms with E-state index in [9.17, 15) is 26.7 Å². The topological polar surface area (TPSA) is 17.1 Å². The first-order valence-corrected chi connectivity index (χ1v) is 6.12. The second-order valence-electron chi connectivity index (χ2n) is 4.44. The zero-order valence-corrected chi connectivity index (χ0v) is 11.0. The molecule has 2 aromatic carbocycles. The fourth-order valence-corrected chi connectivity index (χ4v) is 1.77. The predicted molar refractivity (Wildman–Crippen MR) is 71.2 cm³/mol. The second kappa shape index (κ2) is 6.09. The fraction of sp³-hybridized carbons (Fsp3) is 0.0625. The molecule has 0 N–H and O–H groups in total. The lowest BCUT2D eigenvalue weighted by Gasteiger charge is -2.06. The maximum atomic E-state index is 13.4. The molecule has 0 saturated heterocycles. The SMILES string of the molecule is O=C(/C=C/c1cccc(C(F)(F)F)c1)c1ccc(F)cc1F. The molecule has 0 unspecified atom stereocenters. The van der Waals surface area contributed by atoms with Crippen LogP contribution in [0.1, 0.15) is 21.5 Å². The molecule has 0 aliphatic rings.